The Morgan fingerprint density at radius 1 is 1.44 bits per heavy atom. The molecule has 0 aliphatic carbocycles. The minimum absolute atomic E-state index is 0.0511. The molecule has 1 aliphatic heterocycles. The predicted octanol–water partition coefficient (Wildman–Crippen LogP) is 2.20. The van der Waals surface area contributed by atoms with Crippen molar-refractivity contribution in [2.24, 2.45) is 7.05 Å². The van der Waals surface area contributed by atoms with Crippen molar-refractivity contribution in [1.82, 2.24) is 19.4 Å². The second kappa shape index (κ2) is 7.54. The molecule has 0 spiro atoms. The van der Waals surface area contributed by atoms with E-state index < -0.39 is 0 Å². The van der Waals surface area contributed by atoms with Gasteiger partial charge in [-0.3, -0.25) is 14.6 Å². The summed E-state index contributed by atoms with van der Waals surface area (Å²) in [6, 6.07) is 4.25. The van der Waals surface area contributed by atoms with Crippen molar-refractivity contribution in [2.75, 3.05) is 20.1 Å². The molecule has 2 aromatic heterocycles. The number of nitrogens with zero attached hydrogens (tertiary/aromatic N) is 4. The summed E-state index contributed by atoms with van der Waals surface area (Å²) >= 11 is 0. The van der Waals surface area contributed by atoms with Crippen molar-refractivity contribution in [3.8, 4) is 0 Å². The molecule has 0 amide bonds. The van der Waals surface area contributed by atoms with Gasteiger partial charge in [0.25, 0.3) is 5.56 Å². The molecule has 1 unspecified atom stereocenters. The number of hydrogen-bond donors (Lipinski definition) is 0. The SMILES string of the molecule is CC(C)c1cnc(CN(C)C2CCN(Cc3ccn(C)c(=O)c3)C2)o1. The maximum atomic E-state index is 11.8. The van der Waals surface area contributed by atoms with Crippen LogP contribution in [-0.4, -0.2) is 45.5 Å². The number of aryl methyl sites for hydroxylation is 1. The fourth-order valence-electron chi connectivity index (χ4n) is 3.27. The molecular weight excluding hydrogens is 316 g/mol. The van der Waals surface area contributed by atoms with E-state index in [2.05, 4.69) is 35.7 Å². The van der Waals surface area contributed by atoms with E-state index in [0.29, 0.717) is 12.0 Å². The summed E-state index contributed by atoms with van der Waals surface area (Å²) in [5.74, 6) is 2.10. The molecule has 1 saturated heterocycles. The zero-order valence-corrected chi connectivity index (χ0v) is 15.6. The lowest BCUT2D eigenvalue weighted by Gasteiger charge is -2.23. The topological polar surface area (TPSA) is 54.5 Å². The van der Waals surface area contributed by atoms with Crippen LogP contribution in [0.15, 0.2) is 33.7 Å². The van der Waals surface area contributed by atoms with E-state index in [0.717, 1.165) is 49.8 Å². The summed E-state index contributed by atoms with van der Waals surface area (Å²) in [6.07, 6.45) is 4.80. The van der Waals surface area contributed by atoms with Gasteiger partial charge in [0.05, 0.1) is 12.7 Å². The second-order valence-electron chi connectivity index (χ2n) is 7.39. The van der Waals surface area contributed by atoms with Crippen LogP contribution in [-0.2, 0) is 20.1 Å². The van der Waals surface area contributed by atoms with E-state index in [4.69, 9.17) is 4.42 Å². The fraction of sp³-hybridized carbons (Fsp3) is 0.579. The first kappa shape index (κ1) is 17.9. The molecule has 1 atom stereocenters. The van der Waals surface area contributed by atoms with E-state index in [9.17, 15) is 4.79 Å². The third-order valence-electron chi connectivity index (χ3n) is 4.97. The van der Waals surface area contributed by atoms with Gasteiger partial charge in [0.15, 0.2) is 0 Å². The first-order valence-corrected chi connectivity index (χ1v) is 8.95. The van der Waals surface area contributed by atoms with Crippen molar-refractivity contribution in [3.05, 3.63) is 52.1 Å². The van der Waals surface area contributed by atoms with Gasteiger partial charge in [-0.2, -0.15) is 0 Å². The number of hydrogen-bond acceptors (Lipinski definition) is 5. The zero-order valence-electron chi connectivity index (χ0n) is 15.6. The first-order chi connectivity index (χ1) is 11.9. The summed E-state index contributed by atoms with van der Waals surface area (Å²) < 4.78 is 7.42. The van der Waals surface area contributed by atoms with E-state index in [1.54, 1.807) is 17.7 Å². The largest absolute Gasteiger partial charge is 0.444 e. The molecular formula is C19H28N4O2. The highest BCUT2D eigenvalue weighted by atomic mass is 16.4. The van der Waals surface area contributed by atoms with Crippen LogP contribution < -0.4 is 5.56 Å². The maximum Gasteiger partial charge on any atom is 0.250 e. The van der Waals surface area contributed by atoms with Crippen LogP contribution in [0.5, 0.6) is 0 Å². The molecule has 3 rings (SSSR count). The Bertz CT molecular complexity index is 765. The number of likely N-dealkylation sites (tertiary alicyclic amines) is 1. The number of aromatic nitrogens is 2. The van der Waals surface area contributed by atoms with Crippen LogP contribution in [0.3, 0.4) is 0 Å². The normalized spacial score (nSPS) is 18.6. The third kappa shape index (κ3) is 4.38. The van der Waals surface area contributed by atoms with Crippen molar-refractivity contribution in [1.29, 1.82) is 0 Å². The van der Waals surface area contributed by atoms with Gasteiger partial charge < -0.3 is 8.98 Å². The van der Waals surface area contributed by atoms with Gasteiger partial charge in [-0.1, -0.05) is 13.8 Å². The summed E-state index contributed by atoms with van der Waals surface area (Å²) in [7, 11) is 3.91. The van der Waals surface area contributed by atoms with Gasteiger partial charge in [0.2, 0.25) is 5.89 Å². The molecule has 6 heteroatoms. The number of rotatable bonds is 6. The van der Waals surface area contributed by atoms with E-state index in [1.165, 1.54) is 0 Å². The Morgan fingerprint density at radius 2 is 2.24 bits per heavy atom. The van der Waals surface area contributed by atoms with Gasteiger partial charge in [-0.15, -0.1) is 0 Å². The minimum atomic E-state index is 0.0511. The third-order valence-corrected chi connectivity index (χ3v) is 4.97. The number of oxazole rings is 1. The fourth-order valence-corrected chi connectivity index (χ4v) is 3.27. The predicted molar refractivity (Wildman–Crippen MR) is 97.4 cm³/mol. The molecule has 6 nitrogen and oxygen atoms in total. The minimum Gasteiger partial charge on any atom is -0.444 e. The lowest BCUT2D eigenvalue weighted by Crippen LogP contribution is -2.34. The Morgan fingerprint density at radius 3 is 2.92 bits per heavy atom. The van der Waals surface area contributed by atoms with Crippen molar-refractivity contribution < 1.29 is 4.42 Å². The number of pyridine rings is 1. The summed E-state index contributed by atoms with van der Waals surface area (Å²) in [6.45, 7) is 7.84. The highest BCUT2D eigenvalue weighted by Gasteiger charge is 2.26. The van der Waals surface area contributed by atoms with Gasteiger partial charge in [0, 0.05) is 50.9 Å². The standard InChI is InChI=1S/C19H28N4O2/c1-14(2)17-10-20-18(25-17)13-22(4)16-6-8-23(12-16)11-15-5-7-21(3)19(24)9-15/h5,7,9-10,14,16H,6,8,11-13H2,1-4H3. The summed E-state index contributed by atoms with van der Waals surface area (Å²) in [5, 5.41) is 0. The maximum absolute atomic E-state index is 11.8. The molecule has 3 heterocycles. The van der Waals surface area contributed by atoms with Crippen LogP contribution in [0.2, 0.25) is 0 Å². The highest BCUT2D eigenvalue weighted by molar-refractivity contribution is 5.11. The lowest BCUT2D eigenvalue weighted by atomic mass is 10.2. The Balaban J connectivity index is 1.54. The monoisotopic (exact) mass is 344 g/mol. The first-order valence-electron chi connectivity index (χ1n) is 8.95. The van der Waals surface area contributed by atoms with Gasteiger partial charge in [-0.25, -0.2) is 4.98 Å². The number of likely N-dealkylation sites (N-methyl/N-ethyl adjacent to an activating group) is 1. The van der Waals surface area contributed by atoms with Gasteiger partial charge >= 0.3 is 0 Å². The molecule has 0 radical (unpaired) electrons. The highest BCUT2D eigenvalue weighted by Crippen LogP contribution is 2.20. The molecule has 25 heavy (non-hydrogen) atoms. The van der Waals surface area contributed by atoms with Crippen LogP contribution in [0.1, 0.15) is 43.4 Å². The molecule has 1 aliphatic rings. The smallest absolute Gasteiger partial charge is 0.250 e. The van der Waals surface area contributed by atoms with Crippen LogP contribution in [0.25, 0.3) is 0 Å². The van der Waals surface area contributed by atoms with Crippen molar-refractivity contribution >= 4 is 0 Å². The van der Waals surface area contributed by atoms with Crippen LogP contribution in [0.4, 0.5) is 0 Å². The quantitative estimate of drug-likeness (QED) is 0.804. The van der Waals surface area contributed by atoms with E-state index >= 15 is 0 Å². The summed E-state index contributed by atoms with van der Waals surface area (Å²) in [5.41, 5.74) is 1.14. The average Bonchev–Trinajstić information content (AvgIpc) is 3.20. The Hall–Kier alpha value is -1.92. The molecule has 2 aromatic rings. The lowest BCUT2D eigenvalue weighted by molar-refractivity contribution is 0.203. The van der Waals surface area contributed by atoms with Crippen molar-refractivity contribution in [2.45, 2.75) is 45.3 Å². The molecule has 0 bridgehead atoms. The molecule has 0 saturated carbocycles. The van der Waals surface area contributed by atoms with Gasteiger partial charge in [0.1, 0.15) is 5.76 Å². The second-order valence-corrected chi connectivity index (χ2v) is 7.39. The van der Waals surface area contributed by atoms with E-state index in [1.807, 2.05) is 18.5 Å². The Labute approximate surface area is 149 Å². The van der Waals surface area contributed by atoms with Crippen LogP contribution in [0, 0.1) is 0 Å². The zero-order chi connectivity index (χ0) is 18.0. The average molecular weight is 344 g/mol. The molecule has 1 fully saturated rings. The Kier molecular flexibility index (Phi) is 5.39. The van der Waals surface area contributed by atoms with Crippen molar-refractivity contribution in [3.63, 3.8) is 0 Å². The van der Waals surface area contributed by atoms with Gasteiger partial charge in [-0.05, 0) is 25.1 Å². The summed E-state index contributed by atoms with van der Waals surface area (Å²) in [4.78, 5) is 20.9. The van der Waals surface area contributed by atoms with Crippen LogP contribution >= 0.6 is 0 Å². The molecule has 0 aromatic carbocycles. The molecule has 0 N–H and O–H groups in total. The van der Waals surface area contributed by atoms with E-state index in [-0.39, 0.29) is 5.56 Å². The molecule has 136 valence electrons.